The number of halogens is 1. The van der Waals surface area contributed by atoms with Gasteiger partial charge in [-0.15, -0.1) is 0 Å². The molecule has 0 spiro atoms. The van der Waals surface area contributed by atoms with Crippen molar-refractivity contribution in [2.45, 2.75) is 12.5 Å². The molecule has 0 aromatic heterocycles. The topological polar surface area (TPSA) is 86.0 Å². The largest absolute Gasteiger partial charge is 0.399 e. The molecule has 1 fully saturated rings. The predicted molar refractivity (Wildman–Crippen MR) is 71.6 cm³/mol. The van der Waals surface area contributed by atoms with Gasteiger partial charge in [-0.25, -0.2) is 0 Å². The molecular weight excluding hydrogens is 238 g/mol. The van der Waals surface area contributed by atoms with E-state index in [1.807, 2.05) is 0 Å². The van der Waals surface area contributed by atoms with Crippen molar-refractivity contribution in [1.82, 2.24) is 10.6 Å². The Kier molecular flexibility index (Phi) is 3.71. The van der Waals surface area contributed by atoms with Gasteiger partial charge in [-0.2, -0.15) is 0 Å². The molecule has 1 saturated heterocycles. The maximum atomic E-state index is 7.80. The number of benzene rings is 1. The highest BCUT2D eigenvalue weighted by Gasteiger charge is 2.14. The number of rotatable bonds is 2. The maximum Gasteiger partial charge on any atom is 0.193 e. The van der Waals surface area contributed by atoms with Gasteiger partial charge in [0.2, 0.25) is 0 Å². The smallest absolute Gasteiger partial charge is 0.193 e. The molecule has 0 amide bonds. The van der Waals surface area contributed by atoms with Crippen molar-refractivity contribution in [2.24, 2.45) is 0 Å². The number of guanidine groups is 1. The zero-order chi connectivity index (χ0) is 12.3. The van der Waals surface area contributed by atoms with E-state index in [1.165, 1.54) is 0 Å². The third-order valence-corrected chi connectivity index (χ3v) is 2.82. The zero-order valence-electron chi connectivity index (χ0n) is 9.39. The lowest BCUT2D eigenvalue weighted by Gasteiger charge is -2.15. The average Bonchev–Trinajstić information content (AvgIpc) is 2.67. The molecule has 1 atom stereocenters. The monoisotopic (exact) mass is 253 g/mol. The second-order valence-corrected chi connectivity index (χ2v) is 4.54. The maximum absolute atomic E-state index is 7.80. The molecule has 92 valence electrons. The minimum atomic E-state index is 0.264. The highest BCUT2D eigenvalue weighted by molar-refractivity contribution is 6.31. The van der Waals surface area contributed by atoms with Crippen molar-refractivity contribution in [3.63, 3.8) is 0 Å². The van der Waals surface area contributed by atoms with Crippen molar-refractivity contribution < 1.29 is 0 Å². The van der Waals surface area contributed by atoms with Gasteiger partial charge in [-0.3, -0.25) is 5.41 Å². The molecule has 0 radical (unpaired) electrons. The van der Waals surface area contributed by atoms with Crippen LogP contribution in [0.5, 0.6) is 0 Å². The Morgan fingerprint density at radius 3 is 2.94 bits per heavy atom. The van der Waals surface area contributed by atoms with E-state index in [0.717, 1.165) is 25.2 Å². The third kappa shape index (κ3) is 3.51. The third-order valence-electron chi connectivity index (χ3n) is 2.60. The Balaban J connectivity index is 1.92. The molecule has 0 bridgehead atoms. The number of hydrogen-bond donors (Lipinski definition) is 5. The van der Waals surface area contributed by atoms with Crippen molar-refractivity contribution in [2.75, 3.05) is 24.1 Å². The van der Waals surface area contributed by atoms with Crippen molar-refractivity contribution in [3.05, 3.63) is 23.2 Å². The molecule has 6 heteroatoms. The van der Waals surface area contributed by atoms with E-state index < -0.39 is 0 Å². The van der Waals surface area contributed by atoms with Crippen LogP contribution in [0.25, 0.3) is 0 Å². The molecule has 5 nitrogen and oxygen atoms in total. The molecular formula is C11H16ClN5. The zero-order valence-corrected chi connectivity index (χ0v) is 10.1. The van der Waals surface area contributed by atoms with Gasteiger partial charge in [-0.05, 0) is 31.2 Å². The molecule has 1 aliphatic rings. The van der Waals surface area contributed by atoms with E-state index >= 15 is 0 Å². The second kappa shape index (κ2) is 5.25. The molecule has 0 saturated carbocycles. The van der Waals surface area contributed by atoms with Gasteiger partial charge >= 0.3 is 0 Å². The van der Waals surface area contributed by atoms with Crippen LogP contribution in [0.2, 0.25) is 5.02 Å². The first-order valence-electron chi connectivity index (χ1n) is 5.52. The highest BCUT2D eigenvalue weighted by Crippen LogP contribution is 2.20. The summed E-state index contributed by atoms with van der Waals surface area (Å²) in [7, 11) is 0. The summed E-state index contributed by atoms with van der Waals surface area (Å²) in [4.78, 5) is 0. The lowest BCUT2D eigenvalue weighted by molar-refractivity contribution is 0.660. The van der Waals surface area contributed by atoms with Gasteiger partial charge in [0.05, 0.1) is 0 Å². The minimum absolute atomic E-state index is 0.264. The summed E-state index contributed by atoms with van der Waals surface area (Å²) in [6.07, 6.45) is 1.03. The van der Waals surface area contributed by atoms with Gasteiger partial charge in [0.15, 0.2) is 5.96 Å². The van der Waals surface area contributed by atoms with Gasteiger partial charge in [-0.1, -0.05) is 11.6 Å². The van der Waals surface area contributed by atoms with Crippen molar-refractivity contribution >= 4 is 28.9 Å². The molecule has 1 aliphatic heterocycles. The first kappa shape index (κ1) is 12.0. The number of hydrogen-bond acceptors (Lipinski definition) is 3. The van der Waals surface area contributed by atoms with Crippen LogP contribution in [-0.2, 0) is 0 Å². The second-order valence-electron chi connectivity index (χ2n) is 4.11. The molecule has 2 rings (SSSR count). The molecule has 0 aliphatic carbocycles. The number of nitrogen functional groups attached to an aromatic ring is 1. The summed E-state index contributed by atoms with van der Waals surface area (Å²) in [6.45, 7) is 1.89. The average molecular weight is 254 g/mol. The van der Waals surface area contributed by atoms with Gasteiger partial charge in [0.1, 0.15) is 0 Å². The van der Waals surface area contributed by atoms with Crippen LogP contribution in [0.3, 0.4) is 0 Å². The first-order chi connectivity index (χ1) is 8.13. The fourth-order valence-corrected chi connectivity index (χ4v) is 2.09. The Bertz CT molecular complexity index is 394. The fraction of sp³-hybridized carbons (Fsp3) is 0.364. The normalized spacial score (nSPS) is 19.0. The quantitative estimate of drug-likeness (QED) is 0.312. The lowest BCUT2D eigenvalue weighted by Crippen LogP contribution is -2.39. The Hall–Kier alpha value is -1.46. The summed E-state index contributed by atoms with van der Waals surface area (Å²) < 4.78 is 0. The molecule has 1 aromatic rings. The summed E-state index contributed by atoms with van der Waals surface area (Å²) in [5.41, 5.74) is 6.97. The predicted octanol–water partition coefficient (Wildman–Crippen LogP) is 1.22. The van der Waals surface area contributed by atoms with Crippen LogP contribution in [0.4, 0.5) is 11.4 Å². The highest BCUT2D eigenvalue weighted by atomic mass is 35.5. The SMILES string of the molecule is N=C(Nc1cc(N)cc(Cl)c1)NC1CCNC1. The summed E-state index contributed by atoms with van der Waals surface area (Å²) in [6, 6.07) is 5.47. The molecule has 1 unspecified atom stereocenters. The summed E-state index contributed by atoms with van der Waals surface area (Å²) in [5.74, 6) is 0.264. The van der Waals surface area contributed by atoms with E-state index in [4.69, 9.17) is 22.7 Å². The first-order valence-corrected chi connectivity index (χ1v) is 5.90. The van der Waals surface area contributed by atoms with Gasteiger partial charge < -0.3 is 21.7 Å². The van der Waals surface area contributed by atoms with Gasteiger partial charge in [0, 0.05) is 29.0 Å². The van der Waals surface area contributed by atoms with Crippen LogP contribution in [0.1, 0.15) is 6.42 Å². The van der Waals surface area contributed by atoms with Crippen molar-refractivity contribution in [1.29, 1.82) is 5.41 Å². The van der Waals surface area contributed by atoms with Crippen LogP contribution in [0.15, 0.2) is 18.2 Å². The Morgan fingerprint density at radius 1 is 1.47 bits per heavy atom. The number of anilines is 2. The molecule has 17 heavy (non-hydrogen) atoms. The van der Waals surface area contributed by atoms with E-state index in [0.29, 0.717) is 16.8 Å². The Labute approximate surface area is 105 Å². The minimum Gasteiger partial charge on any atom is -0.399 e. The van der Waals surface area contributed by atoms with E-state index in [1.54, 1.807) is 18.2 Å². The van der Waals surface area contributed by atoms with Crippen LogP contribution in [-0.4, -0.2) is 25.1 Å². The summed E-state index contributed by atoms with van der Waals surface area (Å²) in [5, 5.41) is 17.6. The van der Waals surface area contributed by atoms with Gasteiger partial charge in [0.25, 0.3) is 0 Å². The van der Waals surface area contributed by atoms with Crippen molar-refractivity contribution in [3.8, 4) is 0 Å². The number of nitrogens with one attached hydrogen (secondary N) is 4. The van der Waals surface area contributed by atoms with Crippen LogP contribution < -0.4 is 21.7 Å². The van der Waals surface area contributed by atoms with E-state index in [9.17, 15) is 0 Å². The van der Waals surface area contributed by atoms with Crippen LogP contribution >= 0.6 is 11.6 Å². The Morgan fingerprint density at radius 2 is 2.29 bits per heavy atom. The standard InChI is InChI=1S/C11H16ClN5/c12-7-3-8(13)5-10(4-7)17-11(14)16-9-1-2-15-6-9/h3-5,9,15H,1-2,6,13H2,(H3,14,16,17). The molecule has 6 N–H and O–H groups in total. The molecule has 1 aromatic carbocycles. The summed E-state index contributed by atoms with van der Waals surface area (Å²) >= 11 is 5.88. The fourth-order valence-electron chi connectivity index (χ4n) is 1.85. The van der Waals surface area contributed by atoms with E-state index in [2.05, 4.69) is 16.0 Å². The number of nitrogens with two attached hydrogens (primary N) is 1. The molecule has 1 heterocycles. The van der Waals surface area contributed by atoms with E-state index in [-0.39, 0.29) is 5.96 Å². The lowest BCUT2D eigenvalue weighted by atomic mass is 10.2. The van der Waals surface area contributed by atoms with Crippen LogP contribution in [0, 0.1) is 5.41 Å².